The van der Waals surface area contributed by atoms with Gasteiger partial charge in [-0.15, -0.1) is 0 Å². The first-order chi connectivity index (χ1) is 10.5. The maximum atomic E-state index is 12.1. The van der Waals surface area contributed by atoms with Crippen LogP contribution in [0.5, 0.6) is 0 Å². The van der Waals surface area contributed by atoms with E-state index in [9.17, 15) is 18.0 Å². The van der Waals surface area contributed by atoms with Crippen molar-refractivity contribution in [2.24, 2.45) is 0 Å². The highest BCUT2D eigenvalue weighted by atomic mass is 32.2. The highest BCUT2D eigenvalue weighted by molar-refractivity contribution is 7.94. The molecule has 120 valence electrons. The van der Waals surface area contributed by atoms with Crippen molar-refractivity contribution in [3.05, 3.63) is 29.8 Å². The average Bonchev–Trinajstić information content (AvgIpc) is 2.77. The van der Waals surface area contributed by atoms with E-state index in [2.05, 4.69) is 12.2 Å². The van der Waals surface area contributed by atoms with Crippen molar-refractivity contribution < 1.29 is 18.0 Å². The molecule has 0 aromatic heterocycles. The van der Waals surface area contributed by atoms with Gasteiger partial charge in [-0.25, -0.2) is 12.7 Å². The fourth-order valence-electron chi connectivity index (χ4n) is 2.32. The first-order valence-corrected chi connectivity index (χ1v) is 9.00. The Morgan fingerprint density at radius 3 is 2.73 bits per heavy atom. The number of anilines is 1. The Morgan fingerprint density at radius 1 is 1.32 bits per heavy atom. The van der Waals surface area contributed by atoms with E-state index < -0.39 is 15.9 Å². The molecule has 1 aliphatic rings. The van der Waals surface area contributed by atoms with Crippen molar-refractivity contribution in [3.8, 4) is 0 Å². The van der Waals surface area contributed by atoms with E-state index in [4.69, 9.17) is 0 Å². The zero-order valence-corrected chi connectivity index (χ0v) is 13.4. The van der Waals surface area contributed by atoms with Crippen LogP contribution in [0.4, 0.5) is 5.69 Å². The van der Waals surface area contributed by atoms with Gasteiger partial charge in [0.05, 0.1) is 11.4 Å². The largest absolute Gasteiger partial charge is 0.352 e. The van der Waals surface area contributed by atoms with Gasteiger partial charge in [-0.1, -0.05) is 25.8 Å². The molecule has 6 nitrogen and oxygen atoms in total. The van der Waals surface area contributed by atoms with Crippen molar-refractivity contribution in [2.75, 3.05) is 16.6 Å². The average molecular weight is 324 g/mol. The lowest BCUT2D eigenvalue weighted by Crippen LogP contribution is -2.30. The van der Waals surface area contributed by atoms with Gasteiger partial charge in [-0.2, -0.15) is 0 Å². The predicted molar refractivity (Wildman–Crippen MR) is 84.2 cm³/mol. The Hall–Kier alpha value is -1.89. The smallest absolute Gasteiger partial charge is 0.251 e. The van der Waals surface area contributed by atoms with Gasteiger partial charge in [-0.05, 0) is 24.6 Å². The van der Waals surface area contributed by atoms with E-state index >= 15 is 0 Å². The van der Waals surface area contributed by atoms with Crippen molar-refractivity contribution in [2.45, 2.75) is 32.6 Å². The molecule has 1 aromatic rings. The number of hydrogen-bond donors (Lipinski definition) is 1. The number of sulfonamides is 1. The van der Waals surface area contributed by atoms with Crippen molar-refractivity contribution >= 4 is 27.5 Å². The molecular weight excluding hydrogens is 304 g/mol. The lowest BCUT2D eigenvalue weighted by Gasteiger charge is -2.15. The summed E-state index contributed by atoms with van der Waals surface area (Å²) < 4.78 is 24.6. The Kier molecular flexibility index (Phi) is 5.18. The quantitative estimate of drug-likeness (QED) is 0.807. The van der Waals surface area contributed by atoms with E-state index in [1.807, 2.05) is 0 Å². The van der Waals surface area contributed by atoms with Gasteiger partial charge >= 0.3 is 0 Å². The molecule has 2 amide bonds. The molecule has 0 radical (unpaired) electrons. The summed E-state index contributed by atoms with van der Waals surface area (Å²) in [6, 6.07) is 6.15. The molecule has 2 rings (SSSR count). The minimum absolute atomic E-state index is 0.0181. The molecule has 1 saturated heterocycles. The number of rotatable bonds is 6. The van der Waals surface area contributed by atoms with Crippen LogP contribution in [0.1, 0.15) is 43.0 Å². The third kappa shape index (κ3) is 3.65. The van der Waals surface area contributed by atoms with Crippen LogP contribution in [0.25, 0.3) is 0 Å². The van der Waals surface area contributed by atoms with Gasteiger partial charge in [0.25, 0.3) is 5.91 Å². The van der Waals surface area contributed by atoms with Crippen LogP contribution in [-0.2, 0) is 14.8 Å². The SMILES string of the molecule is CCCCCNC(=O)c1cccc(N2C(=O)CCS2(=O)=O)c1. The molecule has 1 heterocycles. The molecule has 1 aliphatic heterocycles. The third-order valence-electron chi connectivity index (χ3n) is 3.49. The monoisotopic (exact) mass is 324 g/mol. The van der Waals surface area contributed by atoms with Gasteiger partial charge in [0.1, 0.15) is 0 Å². The number of carbonyl (C=O) groups is 2. The van der Waals surface area contributed by atoms with Gasteiger partial charge in [0, 0.05) is 18.5 Å². The van der Waals surface area contributed by atoms with Crippen molar-refractivity contribution in [1.82, 2.24) is 5.32 Å². The summed E-state index contributed by atoms with van der Waals surface area (Å²) in [5.41, 5.74) is 0.576. The molecule has 0 atom stereocenters. The number of hydrogen-bond acceptors (Lipinski definition) is 4. The van der Waals surface area contributed by atoms with E-state index in [1.54, 1.807) is 12.1 Å². The van der Waals surface area contributed by atoms with E-state index in [1.165, 1.54) is 12.1 Å². The first kappa shape index (κ1) is 16.5. The molecule has 1 fully saturated rings. The second kappa shape index (κ2) is 6.91. The summed E-state index contributed by atoms with van der Waals surface area (Å²) in [5.74, 6) is -0.901. The highest BCUT2D eigenvalue weighted by Crippen LogP contribution is 2.25. The topological polar surface area (TPSA) is 83.6 Å². The number of carbonyl (C=O) groups excluding carboxylic acids is 2. The van der Waals surface area contributed by atoms with Crippen LogP contribution >= 0.6 is 0 Å². The molecule has 0 spiro atoms. The summed E-state index contributed by atoms with van der Waals surface area (Å²) in [5, 5.41) is 2.79. The molecule has 1 N–H and O–H groups in total. The highest BCUT2D eigenvalue weighted by Gasteiger charge is 2.36. The van der Waals surface area contributed by atoms with E-state index in [-0.39, 0.29) is 23.8 Å². The van der Waals surface area contributed by atoms with Gasteiger partial charge in [0.15, 0.2) is 0 Å². The maximum Gasteiger partial charge on any atom is 0.251 e. The normalized spacial score (nSPS) is 16.8. The Labute approximate surface area is 130 Å². The van der Waals surface area contributed by atoms with Crippen LogP contribution in [-0.4, -0.2) is 32.5 Å². The van der Waals surface area contributed by atoms with Crippen LogP contribution in [0.15, 0.2) is 24.3 Å². The molecule has 1 aromatic carbocycles. The summed E-state index contributed by atoms with van der Waals surface area (Å²) in [6.07, 6.45) is 3.00. The predicted octanol–water partition coefficient (Wildman–Crippen LogP) is 1.67. The minimum Gasteiger partial charge on any atom is -0.352 e. The van der Waals surface area contributed by atoms with Crippen molar-refractivity contribution in [1.29, 1.82) is 0 Å². The fourth-order valence-corrected chi connectivity index (χ4v) is 3.77. The fraction of sp³-hybridized carbons (Fsp3) is 0.467. The van der Waals surface area contributed by atoms with Crippen LogP contribution in [0.2, 0.25) is 0 Å². The van der Waals surface area contributed by atoms with Crippen LogP contribution < -0.4 is 9.62 Å². The summed E-state index contributed by atoms with van der Waals surface area (Å²) >= 11 is 0. The number of amides is 2. The molecule has 22 heavy (non-hydrogen) atoms. The van der Waals surface area contributed by atoms with Gasteiger partial charge in [0.2, 0.25) is 15.9 Å². The first-order valence-electron chi connectivity index (χ1n) is 7.40. The lowest BCUT2D eigenvalue weighted by atomic mass is 10.1. The lowest BCUT2D eigenvalue weighted by molar-refractivity contribution is -0.116. The number of unbranched alkanes of at least 4 members (excludes halogenated alkanes) is 2. The van der Waals surface area contributed by atoms with Crippen LogP contribution in [0.3, 0.4) is 0 Å². The van der Waals surface area contributed by atoms with Crippen LogP contribution in [0, 0.1) is 0 Å². The summed E-state index contributed by atoms with van der Waals surface area (Å²) in [6.45, 7) is 2.66. The molecular formula is C15H20N2O4S. The minimum atomic E-state index is -3.60. The standard InChI is InChI=1S/C15H20N2O4S/c1-2-3-4-9-16-15(19)12-6-5-7-13(11-12)17-14(18)8-10-22(17,20)21/h5-7,11H,2-4,8-10H2,1H3,(H,16,19). The zero-order chi connectivity index (χ0) is 16.2. The molecule has 0 aliphatic carbocycles. The molecule has 0 unspecified atom stereocenters. The van der Waals surface area contributed by atoms with E-state index in [0.29, 0.717) is 12.1 Å². The number of benzene rings is 1. The maximum absolute atomic E-state index is 12.1. The number of nitrogens with zero attached hydrogens (tertiary/aromatic N) is 1. The molecule has 0 bridgehead atoms. The summed E-state index contributed by atoms with van der Waals surface area (Å²) in [7, 11) is -3.60. The van der Waals surface area contributed by atoms with Gasteiger partial charge < -0.3 is 5.32 Å². The van der Waals surface area contributed by atoms with Gasteiger partial charge in [-0.3, -0.25) is 9.59 Å². The third-order valence-corrected chi connectivity index (χ3v) is 5.18. The van der Waals surface area contributed by atoms with E-state index in [0.717, 1.165) is 23.6 Å². The zero-order valence-electron chi connectivity index (χ0n) is 12.5. The van der Waals surface area contributed by atoms with Crippen molar-refractivity contribution in [3.63, 3.8) is 0 Å². The Balaban J connectivity index is 2.13. The molecule has 0 saturated carbocycles. The summed E-state index contributed by atoms with van der Waals surface area (Å²) in [4.78, 5) is 23.8. The number of nitrogens with one attached hydrogen (secondary N) is 1. The molecule has 7 heteroatoms. The Morgan fingerprint density at radius 2 is 2.09 bits per heavy atom. The second-order valence-electron chi connectivity index (χ2n) is 5.24. The second-order valence-corrected chi connectivity index (χ2v) is 7.17. The Bertz CT molecular complexity index is 670.